The zero-order valence-corrected chi connectivity index (χ0v) is 13.4. The fraction of sp³-hybridized carbons (Fsp3) is 0.222. The average molecular weight is 330 g/mol. The molecule has 24 heavy (non-hydrogen) atoms. The highest BCUT2D eigenvalue weighted by atomic mass is 16.5. The zero-order valence-electron chi connectivity index (χ0n) is 13.4. The Morgan fingerprint density at radius 1 is 1.08 bits per heavy atom. The number of ketones is 1. The van der Waals surface area contributed by atoms with Crippen molar-refractivity contribution in [3.05, 3.63) is 59.2 Å². The third kappa shape index (κ3) is 3.38. The van der Waals surface area contributed by atoms with Crippen LogP contribution in [0, 0.1) is 0 Å². The van der Waals surface area contributed by atoms with Crippen LogP contribution < -0.4 is 9.47 Å². The second-order valence-corrected chi connectivity index (χ2v) is 5.07. The molecule has 2 N–H and O–H groups in total. The fourth-order valence-corrected chi connectivity index (χ4v) is 2.49. The van der Waals surface area contributed by atoms with Gasteiger partial charge in [-0.15, -0.1) is 0 Å². The summed E-state index contributed by atoms with van der Waals surface area (Å²) in [4.78, 5) is 24.5. The second kappa shape index (κ2) is 7.61. The van der Waals surface area contributed by atoms with Crippen molar-refractivity contribution in [2.24, 2.45) is 0 Å². The maximum atomic E-state index is 12.9. The normalized spacial score (nSPS) is 11.6. The van der Waals surface area contributed by atoms with Gasteiger partial charge in [0.25, 0.3) is 0 Å². The first-order valence-corrected chi connectivity index (χ1v) is 7.22. The van der Waals surface area contributed by atoms with Gasteiger partial charge in [0.2, 0.25) is 0 Å². The maximum absolute atomic E-state index is 12.9. The summed E-state index contributed by atoms with van der Waals surface area (Å²) in [5.41, 5.74) is 0.276. The van der Waals surface area contributed by atoms with Crippen LogP contribution in [0.1, 0.15) is 32.2 Å². The van der Waals surface area contributed by atoms with Crippen LogP contribution in [0.2, 0.25) is 0 Å². The topological polar surface area (TPSA) is 93.1 Å². The summed E-state index contributed by atoms with van der Waals surface area (Å²) in [6, 6.07) is 11.4. The van der Waals surface area contributed by atoms with Crippen molar-refractivity contribution in [3.63, 3.8) is 0 Å². The van der Waals surface area contributed by atoms with E-state index in [4.69, 9.17) is 9.47 Å². The van der Waals surface area contributed by atoms with E-state index in [1.165, 1.54) is 26.4 Å². The Hall–Kier alpha value is -2.86. The number of hydrogen-bond donors (Lipinski definition) is 2. The van der Waals surface area contributed by atoms with Gasteiger partial charge >= 0.3 is 5.97 Å². The number of benzene rings is 2. The number of Topliss-reactive ketones (excluding diaryl/α,β-unsaturated/α-hetero) is 1. The summed E-state index contributed by atoms with van der Waals surface area (Å²) in [5.74, 6) is -2.33. The van der Waals surface area contributed by atoms with E-state index in [0.717, 1.165) is 0 Å². The van der Waals surface area contributed by atoms with E-state index in [1.807, 2.05) is 0 Å². The van der Waals surface area contributed by atoms with Gasteiger partial charge in [-0.2, -0.15) is 0 Å². The summed E-state index contributed by atoms with van der Waals surface area (Å²) in [6.45, 7) is -0.447. The van der Waals surface area contributed by atoms with Crippen molar-refractivity contribution in [1.29, 1.82) is 0 Å². The van der Waals surface area contributed by atoms with Crippen molar-refractivity contribution in [3.8, 4) is 11.5 Å². The van der Waals surface area contributed by atoms with Crippen LogP contribution >= 0.6 is 0 Å². The van der Waals surface area contributed by atoms with Crippen molar-refractivity contribution >= 4 is 11.8 Å². The standard InChI is InChI=1S/C18H18O6/c1-23-12-8-13(18(21)22)16(15(9-12)24-2)17(20)14(10-19)11-6-4-3-5-7-11/h3-9,14,19H,10H2,1-2H3,(H,21,22). The Kier molecular flexibility index (Phi) is 5.55. The van der Waals surface area contributed by atoms with Crippen molar-refractivity contribution in [2.75, 3.05) is 20.8 Å². The minimum atomic E-state index is -1.28. The third-order valence-corrected chi connectivity index (χ3v) is 3.71. The van der Waals surface area contributed by atoms with Gasteiger partial charge in [-0.05, 0) is 11.6 Å². The molecule has 0 saturated heterocycles. The number of carbonyl (C=O) groups excluding carboxylic acids is 1. The lowest BCUT2D eigenvalue weighted by Crippen LogP contribution is -2.20. The van der Waals surface area contributed by atoms with E-state index in [1.54, 1.807) is 30.3 Å². The van der Waals surface area contributed by atoms with Gasteiger partial charge < -0.3 is 19.7 Å². The molecule has 2 aromatic carbocycles. The van der Waals surface area contributed by atoms with Gasteiger partial charge in [-0.25, -0.2) is 4.79 Å². The first-order chi connectivity index (χ1) is 11.5. The number of carboxylic acids is 1. The Morgan fingerprint density at radius 2 is 1.75 bits per heavy atom. The monoisotopic (exact) mass is 330 g/mol. The van der Waals surface area contributed by atoms with Gasteiger partial charge in [0.15, 0.2) is 5.78 Å². The second-order valence-electron chi connectivity index (χ2n) is 5.07. The largest absolute Gasteiger partial charge is 0.497 e. The molecule has 0 amide bonds. The SMILES string of the molecule is COc1cc(OC)c(C(=O)C(CO)c2ccccc2)c(C(=O)O)c1. The molecule has 0 heterocycles. The van der Waals surface area contributed by atoms with Gasteiger partial charge in [0.05, 0.1) is 37.9 Å². The lowest BCUT2D eigenvalue weighted by Gasteiger charge is -2.18. The molecule has 0 aromatic heterocycles. The van der Waals surface area contributed by atoms with E-state index in [9.17, 15) is 19.8 Å². The molecule has 6 heteroatoms. The lowest BCUT2D eigenvalue weighted by molar-refractivity contribution is 0.0688. The highest BCUT2D eigenvalue weighted by Gasteiger charge is 2.29. The number of aliphatic hydroxyl groups excluding tert-OH is 1. The van der Waals surface area contributed by atoms with Crippen molar-refractivity contribution in [1.82, 2.24) is 0 Å². The summed E-state index contributed by atoms with van der Waals surface area (Å²) >= 11 is 0. The van der Waals surface area contributed by atoms with E-state index in [2.05, 4.69) is 0 Å². The molecule has 0 spiro atoms. The van der Waals surface area contributed by atoms with Crippen molar-refractivity contribution < 1.29 is 29.3 Å². The van der Waals surface area contributed by atoms with Gasteiger partial charge in [0, 0.05) is 6.07 Å². The summed E-state index contributed by atoms with van der Waals surface area (Å²) in [7, 11) is 2.73. The number of ether oxygens (including phenoxy) is 2. The van der Waals surface area contributed by atoms with Crippen LogP contribution in [0.4, 0.5) is 0 Å². The number of aromatic carboxylic acids is 1. The summed E-state index contributed by atoms with van der Waals surface area (Å²) < 4.78 is 10.2. The molecule has 0 bridgehead atoms. The molecule has 2 rings (SSSR count). The third-order valence-electron chi connectivity index (χ3n) is 3.71. The Bertz CT molecular complexity index is 739. The zero-order chi connectivity index (χ0) is 17.7. The highest BCUT2D eigenvalue weighted by molar-refractivity contribution is 6.11. The molecule has 0 aliphatic carbocycles. The highest BCUT2D eigenvalue weighted by Crippen LogP contribution is 2.33. The van der Waals surface area contributed by atoms with Gasteiger partial charge in [0.1, 0.15) is 11.5 Å². The molecule has 1 atom stereocenters. The van der Waals surface area contributed by atoms with Gasteiger partial charge in [-0.1, -0.05) is 30.3 Å². The average Bonchev–Trinajstić information content (AvgIpc) is 2.61. The van der Waals surface area contributed by atoms with Crippen LogP contribution in [-0.4, -0.2) is 42.8 Å². The number of carboxylic acid groups (broad SMARTS) is 1. The smallest absolute Gasteiger partial charge is 0.336 e. The molecule has 0 fully saturated rings. The first-order valence-electron chi connectivity index (χ1n) is 7.22. The molecule has 0 saturated carbocycles. The molecular formula is C18H18O6. The number of rotatable bonds is 7. The Labute approximate surface area is 139 Å². The molecule has 0 radical (unpaired) electrons. The Balaban J connectivity index is 2.60. The van der Waals surface area contributed by atoms with Crippen molar-refractivity contribution in [2.45, 2.75) is 5.92 Å². The molecule has 6 nitrogen and oxygen atoms in total. The molecule has 1 unspecified atom stereocenters. The van der Waals surface area contributed by atoms with E-state index >= 15 is 0 Å². The number of carbonyl (C=O) groups is 2. The van der Waals surface area contributed by atoms with Crippen LogP contribution in [0.15, 0.2) is 42.5 Å². The number of hydrogen-bond acceptors (Lipinski definition) is 5. The summed E-state index contributed by atoms with van der Waals surface area (Å²) in [6.07, 6.45) is 0. The fourth-order valence-electron chi connectivity index (χ4n) is 2.49. The van der Waals surface area contributed by atoms with Crippen LogP contribution in [-0.2, 0) is 0 Å². The van der Waals surface area contributed by atoms with E-state index in [-0.39, 0.29) is 22.6 Å². The molecule has 126 valence electrons. The molecule has 2 aromatic rings. The van der Waals surface area contributed by atoms with Gasteiger partial charge in [-0.3, -0.25) is 4.79 Å². The maximum Gasteiger partial charge on any atom is 0.336 e. The van der Waals surface area contributed by atoms with E-state index < -0.39 is 24.3 Å². The summed E-state index contributed by atoms with van der Waals surface area (Å²) in [5, 5.41) is 19.1. The van der Waals surface area contributed by atoms with Crippen LogP contribution in [0.5, 0.6) is 11.5 Å². The van der Waals surface area contributed by atoms with Crippen LogP contribution in [0.3, 0.4) is 0 Å². The lowest BCUT2D eigenvalue weighted by atomic mass is 9.88. The number of aliphatic hydroxyl groups is 1. The van der Waals surface area contributed by atoms with Crippen LogP contribution in [0.25, 0.3) is 0 Å². The predicted molar refractivity (Wildman–Crippen MR) is 87.1 cm³/mol. The van der Waals surface area contributed by atoms with E-state index in [0.29, 0.717) is 5.56 Å². The minimum absolute atomic E-state index is 0.0890. The first kappa shape index (κ1) is 17.5. The quantitative estimate of drug-likeness (QED) is 0.757. The molecule has 0 aliphatic rings. The molecule has 0 aliphatic heterocycles. The minimum Gasteiger partial charge on any atom is -0.497 e. The molecular weight excluding hydrogens is 312 g/mol. The predicted octanol–water partition coefficient (Wildman–Crippen LogP) is 2.36. The Morgan fingerprint density at radius 3 is 2.25 bits per heavy atom. The number of methoxy groups -OCH3 is 2.